The van der Waals surface area contributed by atoms with Gasteiger partial charge in [-0.2, -0.15) is 0 Å². The van der Waals surface area contributed by atoms with Gasteiger partial charge in [0.1, 0.15) is 5.75 Å². The zero-order valence-electron chi connectivity index (χ0n) is 16.5. The van der Waals surface area contributed by atoms with Crippen LogP contribution < -0.4 is 5.73 Å². The third kappa shape index (κ3) is 3.17. The maximum Gasteiger partial charge on any atom is 0.262 e. The van der Waals surface area contributed by atoms with Crippen LogP contribution in [0, 0.1) is 5.92 Å². The average Bonchev–Trinajstić information content (AvgIpc) is 3.41. The molecule has 1 aliphatic heterocycles. The lowest BCUT2D eigenvalue weighted by Crippen LogP contribution is -2.44. The van der Waals surface area contributed by atoms with Gasteiger partial charge in [0.25, 0.3) is 5.91 Å². The third-order valence-electron chi connectivity index (χ3n) is 5.95. The fourth-order valence-electron chi connectivity index (χ4n) is 4.30. The SMILES string of the molecule is NC1=NC(c2cccc(-c3cccc(O)c3)c2)(C2CC2)C(=O)N1CCc1cccs1. The lowest BCUT2D eigenvalue weighted by molar-refractivity contribution is -0.132. The van der Waals surface area contributed by atoms with E-state index in [-0.39, 0.29) is 17.6 Å². The van der Waals surface area contributed by atoms with Crippen LogP contribution in [-0.2, 0) is 16.8 Å². The maximum absolute atomic E-state index is 13.7. The molecule has 1 aliphatic carbocycles. The Morgan fingerprint density at radius 2 is 1.87 bits per heavy atom. The molecule has 3 aromatic rings. The van der Waals surface area contributed by atoms with E-state index in [1.165, 1.54) is 4.88 Å². The molecule has 5 nitrogen and oxygen atoms in total. The summed E-state index contributed by atoms with van der Waals surface area (Å²) in [4.78, 5) is 21.3. The van der Waals surface area contributed by atoms with Gasteiger partial charge in [0, 0.05) is 11.4 Å². The Morgan fingerprint density at radius 1 is 1.10 bits per heavy atom. The normalized spacial score (nSPS) is 21.1. The summed E-state index contributed by atoms with van der Waals surface area (Å²) in [5.74, 6) is 0.682. The summed E-state index contributed by atoms with van der Waals surface area (Å²) in [5, 5.41) is 11.9. The van der Waals surface area contributed by atoms with Gasteiger partial charge in [0.15, 0.2) is 11.5 Å². The van der Waals surface area contributed by atoms with E-state index in [1.54, 1.807) is 28.4 Å². The Hall–Kier alpha value is -3.12. The van der Waals surface area contributed by atoms with E-state index in [0.29, 0.717) is 12.5 Å². The number of phenols is 1. The molecule has 1 fully saturated rings. The summed E-state index contributed by atoms with van der Waals surface area (Å²) in [6.07, 6.45) is 2.71. The predicted molar refractivity (Wildman–Crippen MR) is 119 cm³/mol. The number of hydrogen-bond donors (Lipinski definition) is 2. The number of nitrogens with zero attached hydrogens (tertiary/aromatic N) is 2. The van der Waals surface area contributed by atoms with Crippen LogP contribution in [-0.4, -0.2) is 28.4 Å². The van der Waals surface area contributed by atoms with E-state index in [2.05, 4.69) is 6.07 Å². The monoisotopic (exact) mass is 417 g/mol. The van der Waals surface area contributed by atoms with E-state index < -0.39 is 5.54 Å². The highest BCUT2D eigenvalue weighted by Gasteiger charge is 2.57. The number of nitrogens with two attached hydrogens (primary N) is 1. The average molecular weight is 418 g/mol. The van der Waals surface area contributed by atoms with Crippen LogP contribution in [0.3, 0.4) is 0 Å². The minimum absolute atomic E-state index is 0.0212. The topological polar surface area (TPSA) is 78.9 Å². The highest BCUT2D eigenvalue weighted by atomic mass is 32.1. The molecule has 152 valence electrons. The number of guanidine groups is 1. The summed E-state index contributed by atoms with van der Waals surface area (Å²) < 4.78 is 0. The predicted octanol–water partition coefficient (Wildman–Crippen LogP) is 4.13. The van der Waals surface area contributed by atoms with Crippen LogP contribution in [0.5, 0.6) is 5.75 Å². The van der Waals surface area contributed by atoms with Crippen molar-refractivity contribution in [3.63, 3.8) is 0 Å². The van der Waals surface area contributed by atoms with Gasteiger partial charge in [-0.05, 0) is 71.5 Å². The largest absolute Gasteiger partial charge is 0.508 e. The zero-order chi connectivity index (χ0) is 20.7. The molecule has 1 atom stereocenters. The third-order valence-corrected chi connectivity index (χ3v) is 6.89. The number of aromatic hydroxyl groups is 1. The summed E-state index contributed by atoms with van der Waals surface area (Å²) in [6, 6.07) is 19.2. The van der Waals surface area contributed by atoms with Crippen molar-refractivity contribution in [3.8, 4) is 16.9 Å². The summed E-state index contributed by atoms with van der Waals surface area (Å²) in [7, 11) is 0. The van der Waals surface area contributed by atoms with Crippen LogP contribution in [0.25, 0.3) is 11.1 Å². The van der Waals surface area contributed by atoms with Gasteiger partial charge in [-0.25, -0.2) is 4.99 Å². The Kier molecular flexibility index (Phi) is 4.59. The van der Waals surface area contributed by atoms with E-state index in [9.17, 15) is 9.90 Å². The number of hydrogen-bond acceptors (Lipinski definition) is 5. The molecule has 2 aliphatic rings. The smallest absolute Gasteiger partial charge is 0.262 e. The van der Waals surface area contributed by atoms with Gasteiger partial charge in [0.2, 0.25) is 0 Å². The van der Waals surface area contributed by atoms with Crippen LogP contribution in [0.1, 0.15) is 23.3 Å². The molecule has 2 aromatic carbocycles. The molecule has 0 radical (unpaired) electrons. The van der Waals surface area contributed by atoms with Crippen molar-refractivity contribution < 1.29 is 9.90 Å². The van der Waals surface area contributed by atoms with Crippen LogP contribution in [0.4, 0.5) is 0 Å². The Morgan fingerprint density at radius 3 is 2.57 bits per heavy atom. The molecule has 0 saturated heterocycles. The number of carbonyl (C=O) groups excluding carboxylic acids is 1. The van der Waals surface area contributed by atoms with Crippen LogP contribution >= 0.6 is 11.3 Å². The van der Waals surface area contributed by atoms with Crippen molar-refractivity contribution in [3.05, 3.63) is 76.5 Å². The second-order valence-electron chi connectivity index (χ2n) is 7.93. The molecule has 1 saturated carbocycles. The number of rotatable bonds is 6. The van der Waals surface area contributed by atoms with Gasteiger partial charge < -0.3 is 10.8 Å². The highest BCUT2D eigenvalue weighted by molar-refractivity contribution is 7.09. The van der Waals surface area contributed by atoms with Gasteiger partial charge in [-0.15, -0.1) is 11.3 Å². The molecule has 1 amide bonds. The van der Waals surface area contributed by atoms with E-state index >= 15 is 0 Å². The highest BCUT2D eigenvalue weighted by Crippen LogP contribution is 2.52. The maximum atomic E-state index is 13.7. The van der Waals surface area contributed by atoms with Gasteiger partial charge in [-0.3, -0.25) is 9.69 Å². The molecule has 5 rings (SSSR count). The molecule has 0 bridgehead atoms. The van der Waals surface area contributed by atoms with Gasteiger partial charge in [0.05, 0.1) is 0 Å². The zero-order valence-corrected chi connectivity index (χ0v) is 17.3. The molecular formula is C24H23N3O2S. The van der Waals surface area contributed by atoms with Crippen molar-refractivity contribution in [1.29, 1.82) is 0 Å². The molecule has 1 unspecified atom stereocenters. The number of benzene rings is 2. The lowest BCUT2D eigenvalue weighted by Gasteiger charge is -2.27. The van der Waals surface area contributed by atoms with Crippen molar-refractivity contribution in [2.24, 2.45) is 16.6 Å². The molecule has 2 heterocycles. The summed E-state index contributed by atoms with van der Waals surface area (Å²) >= 11 is 1.69. The molecule has 0 spiro atoms. The van der Waals surface area contributed by atoms with Crippen molar-refractivity contribution in [2.75, 3.05) is 6.54 Å². The quantitative estimate of drug-likeness (QED) is 0.633. The molecule has 30 heavy (non-hydrogen) atoms. The first-order chi connectivity index (χ1) is 14.6. The van der Waals surface area contributed by atoms with E-state index in [0.717, 1.165) is 36.0 Å². The first-order valence-corrected chi connectivity index (χ1v) is 11.1. The van der Waals surface area contributed by atoms with Crippen LogP contribution in [0.15, 0.2) is 71.0 Å². The Labute approximate surface area is 179 Å². The van der Waals surface area contributed by atoms with Crippen LogP contribution in [0.2, 0.25) is 0 Å². The fourth-order valence-corrected chi connectivity index (χ4v) is 5.00. The Bertz CT molecular complexity index is 1120. The summed E-state index contributed by atoms with van der Waals surface area (Å²) in [5.41, 5.74) is 8.07. The molecule has 6 heteroatoms. The molecule has 3 N–H and O–H groups in total. The van der Waals surface area contributed by atoms with Gasteiger partial charge in [-0.1, -0.05) is 36.4 Å². The van der Waals surface area contributed by atoms with Crippen molar-refractivity contribution in [1.82, 2.24) is 4.90 Å². The molecule has 1 aromatic heterocycles. The van der Waals surface area contributed by atoms with E-state index in [4.69, 9.17) is 10.7 Å². The number of amides is 1. The first kappa shape index (κ1) is 18.9. The lowest BCUT2D eigenvalue weighted by atomic mass is 9.83. The fraction of sp³-hybridized carbons (Fsp3) is 0.250. The van der Waals surface area contributed by atoms with E-state index in [1.807, 2.05) is 47.8 Å². The number of thiophene rings is 1. The van der Waals surface area contributed by atoms with Crippen molar-refractivity contribution >= 4 is 23.2 Å². The second-order valence-corrected chi connectivity index (χ2v) is 8.96. The first-order valence-electron chi connectivity index (χ1n) is 10.2. The van der Waals surface area contributed by atoms with Gasteiger partial charge >= 0.3 is 0 Å². The minimum Gasteiger partial charge on any atom is -0.508 e. The number of phenolic OH excluding ortho intramolecular Hbond substituents is 1. The minimum atomic E-state index is -0.938. The van der Waals surface area contributed by atoms with Crippen molar-refractivity contribution in [2.45, 2.75) is 24.8 Å². The number of aliphatic imine (C=N–C) groups is 1. The molecular weight excluding hydrogens is 394 g/mol. The second kappa shape index (κ2) is 7.29. The standard InChI is InChI=1S/C24H23N3O2S/c25-23-26-24(18-9-10-18,22(29)27(23)12-11-21-8-3-13-30-21)19-6-1-4-16(14-19)17-5-2-7-20(28)15-17/h1-8,13-15,18,28H,9-12H2,(H2,25,26). The number of carbonyl (C=O) groups is 1. The Balaban J connectivity index is 1.50. The summed E-state index contributed by atoms with van der Waals surface area (Å²) in [6.45, 7) is 0.537.